The van der Waals surface area contributed by atoms with E-state index in [0.717, 1.165) is 17.0 Å². The van der Waals surface area contributed by atoms with Crippen molar-refractivity contribution in [1.82, 2.24) is 9.97 Å². The number of imidazole rings is 1. The second-order valence-corrected chi connectivity index (χ2v) is 6.52. The van der Waals surface area contributed by atoms with Crippen LogP contribution in [0, 0.1) is 0 Å². The highest BCUT2D eigenvalue weighted by Gasteiger charge is 2.40. The number of aromatic nitrogens is 2. The van der Waals surface area contributed by atoms with Gasteiger partial charge in [-0.1, -0.05) is 84.9 Å². The van der Waals surface area contributed by atoms with Crippen LogP contribution in [0.4, 0.5) is 0 Å². The van der Waals surface area contributed by atoms with Crippen molar-refractivity contribution >= 4 is 11.6 Å². The molecular formula is C23H19ClN2. The summed E-state index contributed by atoms with van der Waals surface area (Å²) < 4.78 is 0. The Balaban J connectivity index is 2.07. The predicted molar refractivity (Wildman–Crippen MR) is 106 cm³/mol. The molecule has 26 heavy (non-hydrogen) atoms. The van der Waals surface area contributed by atoms with Crippen molar-refractivity contribution in [3.63, 3.8) is 0 Å². The van der Waals surface area contributed by atoms with E-state index in [4.69, 9.17) is 11.6 Å². The summed E-state index contributed by atoms with van der Waals surface area (Å²) in [6.45, 7) is 0. The third-order valence-electron chi connectivity index (χ3n) is 4.81. The zero-order chi connectivity index (χ0) is 17.8. The van der Waals surface area contributed by atoms with E-state index in [1.54, 1.807) is 0 Å². The van der Waals surface area contributed by atoms with Gasteiger partial charge >= 0.3 is 0 Å². The highest BCUT2D eigenvalue weighted by Crippen LogP contribution is 2.43. The molecule has 3 heteroatoms. The summed E-state index contributed by atoms with van der Waals surface area (Å²) in [6.07, 6.45) is 3.69. The Morgan fingerprint density at radius 1 is 0.731 bits per heavy atom. The van der Waals surface area contributed by atoms with Crippen LogP contribution in [0.3, 0.4) is 0 Å². The van der Waals surface area contributed by atoms with E-state index in [2.05, 4.69) is 82.8 Å². The second kappa shape index (κ2) is 7.19. The van der Waals surface area contributed by atoms with E-state index in [0.29, 0.717) is 5.88 Å². The molecule has 0 bridgehead atoms. The molecule has 0 aliphatic carbocycles. The van der Waals surface area contributed by atoms with Gasteiger partial charge in [-0.25, -0.2) is 4.98 Å². The SMILES string of the molecule is ClCc1ccc(C(c2ccccc2)(c2ccccc2)c2ncc[nH]2)cc1. The third kappa shape index (κ3) is 2.73. The quantitative estimate of drug-likeness (QED) is 0.368. The molecule has 0 saturated carbocycles. The van der Waals surface area contributed by atoms with Gasteiger partial charge in [-0.2, -0.15) is 0 Å². The maximum Gasteiger partial charge on any atom is 0.125 e. The molecule has 3 aromatic carbocycles. The molecular weight excluding hydrogens is 340 g/mol. The molecule has 0 atom stereocenters. The van der Waals surface area contributed by atoms with E-state index in [1.165, 1.54) is 11.1 Å². The molecule has 0 unspecified atom stereocenters. The van der Waals surface area contributed by atoms with Crippen LogP contribution in [-0.2, 0) is 11.3 Å². The number of rotatable bonds is 5. The fourth-order valence-corrected chi connectivity index (χ4v) is 3.78. The number of hydrogen-bond donors (Lipinski definition) is 1. The number of benzene rings is 3. The first-order chi connectivity index (χ1) is 12.9. The molecule has 0 spiro atoms. The Hall–Kier alpha value is -2.84. The van der Waals surface area contributed by atoms with Crippen LogP contribution in [0.1, 0.15) is 28.1 Å². The molecule has 1 aromatic heterocycles. The number of aromatic amines is 1. The molecule has 4 rings (SSSR count). The summed E-state index contributed by atoms with van der Waals surface area (Å²) in [6, 6.07) is 29.5. The van der Waals surface area contributed by atoms with E-state index in [-0.39, 0.29) is 0 Å². The molecule has 0 radical (unpaired) electrons. The first-order valence-electron chi connectivity index (χ1n) is 8.62. The van der Waals surface area contributed by atoms with Gasteiger partial charge in [-0.3, -0.25) is 0 Å². The van der Waals surface area contributed by atoms with E-state index in [1.807, 2.05) is 24.5 Å². The van der Waals surface area contributed by atoms with E-state index < -0.39 is 5.41 Å². The van der Waals surface area contributed by atoms with Crippen LogP contribution in [0.15, 0.2) is 97.3 Å². The Morgan fingerprint density at radius 2 is 1.27 bits per heavy atom. The van der Waals surface area contributed by atoms with Crippen molar-refractivity contribution in [2.75, 3.05) is 0 Å². The van der Waals surface area contributed by atoms with Crippen LogP contribution in [0.25, 0.3) is 0 Å². The summed E-state index contributed by atoms with van der Waals surface area (Å²) in [7, 11) is 0. The topological polar surface area (TPSA) is 28.7 Å². The molecule has 2 nitrogen and oxygen atoms in total. The monoisotopic (exact) mass is 358 g/mol. The number of nitrogens with zero attached hydrogens (tertiary/aromatic N) is 1. The normalized spacial score (nSPS) is 11.4. The Morgan fingerprint density at radius 3 is 1.73 bits per heavy atom. The standard InChI is InChI=1S/C23H19ClN2/c24-17-18-11-13-21(14-12-18)23(22-25-15-16-26-22,19-7-3-1-4-8-19)20-9-5-2-6-10-20/h1-16H,17H2,(H,25,26). The Kier molecular flexibility index (Phi) is 4.59. The van der Waals surface area contributed by atoms with Crippen molar-refractivity contribution in [3.05, 3.63) is 125 Å². The van der Waals surface area contributed by atoms with Crippen LogP contribution in [-0.4, -0.2) is 9.97 Å². The minimum atomic E-state index is -0.517. The van der Waals surface area contributed by atoms with Crippen molar-refractivity contribution in [2.24, 2.45) is 0 Å². The maximum absolute atomic E-state index is 6.01. The zero-order valence-electron chi connectivity index (χ0n) is 14.3. The van der Waals surface area contributed by atoms with Gasteiger partial charge < -0.3 is 4.98 Å². The largest absolute Gasteiger partial charge is 0.347 e. The first kappa shape index (κ1) is 16.6. The number of halogens is 1. The van der Waals surface area contributed by atoms with Crippen LogP contribution >= 0.6 is 11.6 Å². The van der Waals surface area contributed by atoms with E-state index >= 15 is 0 Å². The lowest BCUT2D eigenvalue weighted by atomic mass is 9.68. The number of hydrogen-bond acceptors (Lipinski definition) is 1. The lowest BCUT2D eigenvalue weighted by Crippen LogP contribution is -2.32. The summed E-state index contributed by atoms with van der Waals surface area (Å²) >= 11 is 6.01. The van der Waals surface area contributed by atoms with Crippen molar-refractivity contribution in [3.8, 4) is 0 Å². The molecule has 0 amide bonds. The van der Waals surface area contributed by atoms with Gasteiger partial charge in [0.1, 0.15) is 11.2 Å². The minimum absolute atomic E-state index is 0.505. The van der Waals surface area contributed by atoms with E-state index in [9.17, 15) is 0 Å². The Bertz CT molecular complexity index is 907. The molecule has 0 fully saturated rings. The Labute approximate surface area is 158 Å². The highest BCUT2D eigenvalue weighted by atomic mass is 35.5. The van der Waals surface area contributed by atoms with Crippen LogP contribution in [0.5, 0.6) is 0 Å². The van der Waals surface area contributed by atoms with Crippen molar-refractivity contribution in [2.45, 2.75) is 11.3 Å². The fraction of sp³-hybridized carbons (Fsp3) is 0.0870. The number of alkyl halides is 1. The molecule has 128 valence electrons. The molecule has 0 aliphatic rings. The fourth-order valence-electron chi connectivity index (χ4n) is 3.60. The summed E-state index contributed by atoms with van der Waals surface area (Å²) in [5.74, 6) is 1.40. The van der Waals surface area contributed by atoms with Gasteiger partial charge in [0.05, 0.1) is 0 Å². The lowest BCUT2D eigenvalue weighted by molar-refractivity contribution is 0.692. The molecule has 4 aromatic rings. The smallest absolute Gasteiger partial charge is 0.125 e. The van der Waals surface area contributed by atoms with Crippen molar-refractivity contribution < 1.29 is 0 Å². The lowest BCUT2D eigenvalue weighted by Gasteiger charge is -2.34. The number of nitrogens with one attached hydrogen (secondary N) is 1. The second-order valence-electron chi connectivity index (χ2n) is 6.25. The minimum Gasteiger partial charge on any atom is -0.347 e. The van der Waals surface area contributed by atoms with Crippen LogP contribution < -0.4 is 0 Å². The molecule has 0 saturated heterocycles. The summed E-state index contributed by atoms with van der Waals surface area (Å²) in [4.78, 5) is 8.04. The van der Waals surface area contributed by atoms with Gasteiger partial charge in [0.2, 0.25) is 0 Å². The highest BCUT2D eigenvalue weighted by molar-refractivity contribution is 6.17. The predicted octanol–water partition coefficient (Wildman–Crippen LogP) is 5.53. The van der Waals surface area contributed by atoms with Gasteiger partial charge in [-0.15, -0.1) is 11.6 Å². The zero-order valence-corrected chi connectivity index (χ0v) is 15.0. The third-order valence-corrected chi connectivity index (χ3v) is 5.12. The van der Waals surface area contributed by atoms with Gasteiger partial charge in [-0.05, 0) is 22.3 Å². The van der Waals surface area contributed by atoms with Gasteiger partial charge in [0.25, 0.3) is 0 Å². The molecule has 1 heterocycles. The first-order valence-corrected chi connectivity index (χ1v) is 9.15. The molecule has 0 aliphatic heterocycles. The average molecular weight is 359 g/mol. The summed E-state index contributed by atoms with van der Waals surface area (Å²) in [5, 5.41) is 0. The average Bonchev–Trinajstić information content (AvgIpc) is 3.26. The van der Waals surface area contributed by atoms with Crippen molar-refractivity contribution in [1.29, 1.82) is 0 Å². The maximum atomic E-state index is 6.01. The molecule has 1 N–H and O–H groups in total. The van der Waals surface area contributed by atoms with Gasteiger partial charge in [0.15, 0.2) is 0 Å². The van der Waals surface area contributed by atoms with Crippen LogP contribution in [0.2, 0.25) is 0 Å². The van der Waals surface area contributed by atoms with Gasteiger partial charge in [0, 0.05) is 18.3 Å². The number of H-pyrrole nitrogens is 1. The summed E-state index contributed by atoms with van der Waals surface area (Å²) in [5.41, 5.74) is 4.07.